The molecular weight excluding hydrogens is 222 g/mol. The highest BCUT2D eigenvalue weighted by Gasteiger charge is 2.29. The van der Waals surface area contributed by atoms with Crippen LogP contribution in [0.15, 0.2) is 28.6 Å². The highest BCUT2D eigenvalue weighted by atomic mass is 17.2. The summed E-state index contributed by atoms with van der Waals surface area (Å²) in [6.07, 6.45) is 4.30. The molecule has 2 rings (SSSR count). The predicted octanol–water partition coefficient (Wildman–Crippen LogP) is 0.544. The van der Waals surface area contributed by atoms with Gasteiger partial charge in [0.25, 0.3) is 5.91 Å². The van der Waals surface area contributed by atoms with Crippen molar-refractivity contribution in [2.24, 2.45) is 4.99 Å². The van der Waals surface area contributed by atoms with Crippen LogP contribution in [-0.2, 0) is 14.6 Å². The molecule has 1 fully saturated rings. The Labute approximate surface area is 99.5 Å². The number of allylic oxidation sites excluding steroid dienone is 1. The Bertz CT molecular complexity index is 412. The molecule has 1 N–H and O–H groups in total. The van der Waals surface area contributed by atoms with Gasteiger partial charge in [-0.3, -0.25) is 14.7 Å². The molecular formula is C11H15N3O3. The molecule has 0 aromatic rings. The SMILES string of the molecule is CCCN=C1NC(=CC2=CCOO2)C(=O)N1C. The number of guanidine groups is 1. The Kier molecular flexibility index (Phi) is 3.43. The van der Waals surface area contributed by atoms with E-state index in [-0.39, 0.29) is 5.91 Å². The van der Waals surface area contributed by atoms with Crippen LogP contribution in [0.1, 0.15) is 13.3 Å². The van der Waals surface area contributed by atoms with Gasteiger partial charge in [0.15, 0.2) is 5.76 Å². The van der Waals surface area contributed by atoms with E-state index in [1.165, 1.54) is 4.90 Å². The van der Waals surface area contributed by atoms with Crippen LogP contribution in [0.2, 0.25) is 0 Å². The first-order valence-corrected chi connectivity index (χ1v) is 5.53. The third kappa shape index (κ3) is 2.47. The van der Waals surface area contributed by atoms with Crippen LogP contribution in [0.3, 0.4) is 0 Å². The van der Waals surface area contributed by atoms with E-state index in [9.17, 15) is 4.79 Å². The number of amides is 1. The first-order chi connectivity index (χ1) is 8.22. The van der Waals surface area contributed by atoms with Crippen LogP contribution in [0, 0.1) is 0 Å². The van der Waals surface area contributed by atoms with E-state index in [4.69, 9.17) is 9.78 Å². The quantitative estimate of drug-likeness (QED) is 0.575. The van der Waals surface area contributed by atoms with Crippen molar-refractivity contribution in [3.8, 4) is 0 Å². The zero-order valence-corrected chi connectivity index (χ0v) is 9.90. The first-order valence-electron chi connectivity index (χ1n) is 5.53. The first kappa shape index (κ1) is 11.7. The average Bonchev–Trinajstić information content (AvgIpc) is 2.91. The van der Waals surface area contributed by atoms with Crippen molar-refractivity contribution in [2.45, 2.75) is 13.3 Å². The molecule has 1 amide bonds. The van der Waals surface area contributed by atoms with Crippen molar-refractivity contribution in [3.63, 3.8) is 0 Å². The van der Waals surface area contributed by atoms with E-state index in [1.54, 1.807) is 19.2 Å². The van der Waals surface area contributed by atoms with Gasteiger partial charge in [-0.1, -0.05) is 6.92 Å². The van der Waals surface area contributed by atoms with E-state index < -0.39 is 0 Å². The van der Waals surface area contributed by atoms with Crippen LogP contribution in [-0.4, -0.2) is 37.0 Å². The molecule has 0 bridgehead atoms. The molecule has 17 heavy (non-hydrogen) atoms. The molecule has 0 unspecified atom stereocenters. The van der Waals surface area contributed by atoms with Gasteiger partial charge >= 0.3 is 0 Å². The number of nitrogens with one attached hydrogen (secondary N) is 1. The second kappa shape index (κ2) is 5.01. The predicted molar refractivity (Wildman–Crippen MR) is 61.7 cm³/mol. The van der Waals surface area contributed by atoms with Crippen LogP contribution >= 0.6 is 0 Å². The summed E-state index contributed by atoms with van der Waals surface area (Å²) in [4.78, 5) is 27.2. The number of hydrogen-bond acceptors (Lipinski definition) is 4. The number of rotatable bonds is 3. The maximum Gasteiger partial charge on any atom is 0.276 e. The van der Waals surface area contributed by atoms with Crippen LogP contribution in [0.25, 0.3) is 0 Å². The van der Waals surface area contributed by atoms with Crippen molar-refractivity contribution in [2.75, 3.05) is 20.2 Å². The standard InChI is InChI=1S/C11H15N3O3/c1-3-5-12-11-13-9(10(15)14(11)2)7-8-4-6-16-17-8/h4,7H,3,5-6H2,1-2H3,(H,12,13). The molecule has 6 heteroatoms. The maximum atomic E-state index is 11.9. The van der Waals surface area contributed by atoms with E-state index in [2.05, 4.69) is 10.3 Å². The lowest BCUT2D eigenvalue weighted by molar-refractivity contribution is -0.230. The lowest BCUT2D eigenvalue weighted by atomic mass is 10.3. The highest BCUT2D eigenvalue weighted by molar-refractivity contribution is 6.13. The largest absolute Gasteiger partial charge is 0.337 e. The molecule has 6 nitrogen and oxygen atoms in total. The zero-order chi connectivity index (χ0) is 12.3. The summed E-state index contributed by atoms with van der Waals surface area (Å²) in [5.41, 5.74) is 0.444. The number of aliphatic imine (C=N–C) groups is 1. The molecule has 1 saturated heterocycles. The Morgan fingerprint density at radius 3 is 3.12 bits per heavy atom. The van der Waals surface area contributed by atoms with Gasteiger partial charge in [-0.15, -0.1) is 0 Å². The van der Waals surface area contributed by atoms with E-state index >= 15 is 0 Å². The maximum absolute atomic E-state index is 11.9. The average molecular weight is 237 g/mol. The van der Waals surface area contributed by atoms with Gasteiger partial charge in [-0.25, -0.2) is 0 Å². The molecule has 0 radical (unpaired) electrons. The van der Waals surface area contributed by atoms with E-state index in [1.807, 2.05) is 6.92 Å². The summed E-state index contributed by atoms with van der Waals surface area (Å²) in [6.45, 7) is 3.13. The fourth-order valence-electron chi connectivity index (χ4n) is 1.47. The molecule has 0 aliphatic carbocycles. The van der Waals surface area contributed by atoms with Gasteiger partial charge in [0.1, 0.15) is 12.3 Å². The van der Waals surface area contributed by atoms with E-state index in [0.717, 1.165) is 6.42 Å². The van der Waals surface area contributed by atoms with Gasteiger partial charge in [-0.2, -0.15) is 4.89 Å². The summed E-state index contributed by atoms with van der Waals surface area (Å²) in [5, 5.41) is 2.96. The van der Waals surface area contributed by atoms with Crippen molar-refractivity contribution in [1.29, 1.82) is 0 Å². The van der Waals surface area contributed by atoms with Crippen LogP contribution in [0.4, 0.5) is 0 Å². The van der Waals surface area contributed by atoms with Crippen molar-refractivity contribution in [3.05, 3.63) is 23.6 Å². The second-order valence-electron chi connectivity index (χ2n) is 3.73. The molecule has 2 aliphatic heterocycles. The van der Waals surface area contributed by atoms with Gasteiger partial charge in [0.2, 0.25) is 5.96 Å². The lowest BCUT2D eigenvalue weighted by Gasteiger charge is -2.06. The number of nitrogens with zero attached hydrogens (tertiary/aromatic N) is 2. The Morgan fingerprint density at radius 1 is 1.65 bits per heavy atom. The Morgan fingerprint density at radius 2 is 2.47 bits per heavy atom. The third-order valence-corrected chi connectivity index (χ3v) is 2.38. The summed E-state index contributed by atoms with van der Waals surface area (Å²) in [7, 11) is 1.69. The molecule has 0 aromatic carbocycles. The van der Waals surface area contributed by atoms with Gasteiger partial charge < -0.3 is 10.2 Å². The van der Waals surface area contributed by atoms with Gasteiger partial charge in [-0.05, 0) is 12.5 Å². The van der Waals surface area contributed by atoms with Crippen LogP contribution < -0.4 is 5.32 Å². The Balaban J connectivity index is 2.13. The number of hydrogen-bond donors (Lipinski definition) is 1. The number of carbonyl (C=O) groups is 1. The lowest BCUT2D eigenvalue weighted by Crippen LogP contribution is -2.28. The van der Waals surface area contributed by atoms with Gasteiger partial charge in [0, 0.05) is 19.7 Å². The fraction of sp³-hybridized carbons (Fsp3) is 0.455. The topological polar surface area (TPSA) is 63.2 Å². The minimum atomic E-state index is -0.128. The summed E-state index contributed by atoms with van der Waals surface area (Å²) in [5.74, 6) is 0.977. The minimum Gasteiger partial charge on any atom is -0.337 e. The number of likely N-dealkylation sites (N-methyl/N-ethyl adjacent to an activating group) is 1. The minimum absolute atomic E-state index is 0.128. The monoisotopic (exact) mass is 237 g/mol. The van der Waals surface area contributed by atoms with Gasteiger partial charge in [0.05, 0.1) is 0 Å². The normalized spacial score (nSPS) is 24.2. The molecule has 2 aliphatic rings. The van der Waals surface area contributed by atoms with Crippen molar-refractivity contribution < 1.29 is 14.6 Å². The summed E-state index contributed by atoms with van der Waals surface area (Å²) < 4.78 is 0. The second-order valence-corrected chi connectivity index (χ2v) is 3.73. The number of carbonyl (C=O) groups excluding carboxylic acids is 1. The third-order valence-electron chi connectivity index (χ3n) is 2.38. The molecule has 0 spiro atoms. The summed E-state index contributed by atoms with van der Waals surface area (Å²) >= 11 is 0. The summed E-state index contributed by atoms with van der Waals surface area (Å²) in [6, 6.07) is 0. The van der Waals surface area contributed by atoms with E-state index in [0.29, 0.717) is 30.6 Å². The van der Waals surface area contributed by atoms with Crippen molar-refractivity contribution >= 4 is 11.9 Å². The Hall–Kier alpha value is -1.82. The molecule has 92 valence electrons. The molecule has 0 saturated carbocycles. The fourth-order valence-corrected chi connectivity index (χ4v) is 1.47. The zero-order valence-electron chi connectivity index (χ0n) is 9.90. The highest BCUT2D eigenvalue weighted by Crippen LogP contribution is 2.14. The molecule has 0 atom stereocenters. The molecule has 2 heterocycles. The molecule has 0 aromatic heterocycles. The van der Waals surface area contributed by atoms with Crippen molar-refractivity contribution in [1.82, 2.24) is 10.2 Å². The smallest absolute Gasteiger partial charge is 0.276 e. The van der Waals surface area contributed by atoms with Crippen LogP contribution in [0.5, 0.6) is 0 Å².